The Morgan fingerprint density at radius 2 is 0.716 bits per heavy atom. The van der Waals surface area contributed by atoms with Crippen molar-refractivity contribution in [2.45, 2.75) is 165 Å². The van der Waals surface area contributed by atoms with Gasteiger partial charge in [-0.15, -0.1) is 0 Å². The van der Waals surface area contributed by atoms with E-state index >= 15 is 0 Å². The van der Waals surface area contributed by atoms with Gasteiger partial charge in [-0.25, -0.2) is 4.79 Å². The standard InChI is InChI=1S/C49H79N15O24/c1-21(2)39(53)48(86)61-23(6-4-5-15-50)41(79)55-18-33(68)54-19-34(69)57-24(7-11-35(70)71)43(81)58-25(8-12-36(72)73)42(80)56-22(3)40(78)62-28(16-31(51)66)46(84)60-26(9-13-37(74)75)44(82)59-27(10-14-38(76)77)45(83)64-30(20-65)47(85)63-29(49(87)88)17-32(52)67/h21-30,39,65H,4-20,50,53H2,1-3H3,(H2,51,66)(H2,52,67)(H,54,68)(H,55,79)(H,56,80)(H,57,69)(H,58,81)(H,59,82)(H,60,84)(H,61,86)(H,62,78)(H,63,85)(H,64,83)(H,70,71)(H,72,73)(H,74,75)(H,76,77)(H,87,88)/t22-,23-,24-,25-,26-,27-,28-,29-,30-,39-/m0/s1. The smallest absolute Gasteiger partial charge is 0.326 e. The molecule has 10 atom stereocenters. The molecular formula is C49H79N15O24. The normalized spacial score (nSPS) is 14.2. The number of hydrogen-bond donors (Lipinski definition) is 21. The van der Waals surface area contributed by atoms with Crippen LogP contribution in [-0.2, 0) is 86.3 Å². The van der Waals surface area contributed by atoms with Gasteiger partial charge in [-0.3, -0.25) is 81.5 Å². The molecule has 39 heteroatoms. The average Bonchev–Trinajstić information content (AvgIpc) is 3.51. The molecule has 0 bridgehead atoms. The number of carbonyl (C=O) groups is 18. The molecule has 0 spiro atoms. The lowest BCUT2D eigenvalue weighted by atomic mass is 10.0. The Labute approximate surface area is 500 Å². The summed E-state index contributed by atoms with van der Waals surface area (Å²) >= 11 is 0. The van der Waals surface area contributed by atoms with Crippen molar-refractivity contribution in [2.75, 3.05) is 26.2 Å². The summed E-state index contributed by atoms with van der Waals surface area (Å²) in [5.74, 6) is -23.6. The summed E-state index contributed by atoms with van der Waals surface area (Å²) in [6, 6.07) is -17.6. The fourth-order valence-electron chi connectivity index (χ4n) is 7.30. The highest BCUT2D eigenvalue weighted by atomic mass is 16.4. The maximum atomic E-state index is 13.7. The largest absolute Gasteiger partial charge is 0.481 e. The lowest BCUT2D eigenvalue weighted by Gasteiger charge is -2.27. The molecule has 0 radical (unpaired) electrons. The van der Waals surface area contributed by atoms with Crippen LogP contribution in [0.2, 0.25) is 0 Å². The molecule has 0 unspecified atom stereocenters. The van der Waals surface area contributed by atoms with Crippen LogP contribution in [0.3, 0.4) is 0 Å². The van der Waals surface area contributed by atoms with E-state index in [-0.39, 0.29) is 12.3 Å². The molecule has 0 saturated heterocycles. The van der Waals surface area contributed by atoms with Crippen molar-refractivity contribution < 1.29 is 117 Å². The van der Waals surface area contributed by atoms with Crippen LogP contribution in [0.25, 0.3) is 0 Å². The second kappa shape index (κ2) is 40.6. The number of nitrogens with two attached hydrogens (primary N) is 4. The quantitative estimate of drug-likeness (QED) is 0.0252. The van der Waals surface area contributed by atoms with Gasteiger partial charge in [0, 0.05) is 25.7 Å². The summed E-state index contributed by atoms with van der Waals surface area (Å²) in [6.45, 7) is 1.80. The third kappa shape index (κ3) is 32.6. The monoisotopic (exact) mass is 1260 g/mol. The van der Waals surface area contributed by atoms with E-state index in [1.54, 1.807) is 13.8 Å². The Hall–Kier alpha value is -9.66. The number of hydrogen-bond acceptors (Lipinski definition) is 21. The minimum atomic E-state index is -2.08. The molecule has 88 heavy (non-hydrogen) atoms. The van der Waals surface area contributed by atoms with Crippen molar-refractivity contribution in [3.05, 3.63) is 0 Å². The molecule has 0 aromatic carbocycles. The minimum Gasteiger partial charge on any atom is -0.481 e. The Morgan fingerprint density at radius 3 is 1.11 bits per heavy atom. The Kier molecular flexibility index (Phi) is 36.2. The molecule has 0 heterocycles. The molecule has 25 N–H and O–H groups in total. The lowest BCUT2D eigenvalue weighted by Crippen LogP contribution is -2.60. The van der Waals surface area contributed by atoms with E-state index in [0.717, 1.165) is 6.92 Å². The Morgan fingerprint density at radius 1 is 0.375 bits per heavy atom. The molecule has 0 aromatic rings. The molecule has 0 fully saturated rings. The zero-order chi connectivity index (χ0) is 67.5. The number of unbranched alkanes of at least 4 members (excludes halogenated alkanes) is 1. The van der Waals surface area contributed by atoms with E-state index < -0.39 is 251 Å². The van der Waals surface area contributed by atoms with E-state index in [9.17, 15) is 117 Å². The van der Waals surface area contributed by atoms with Crippen LogP contribution in [0.5, 0.6) is 0 Å². The van der Waals surface area contributed by atoms with Crippen molar-refractivity contribution in [3.63, 3.8) is 0 Å². The zero-order valence-corrected chi connectivity index (χ0v) is 48.2. The average molecular weight is 1260 g/mol. The van der Waals surface area contributed by atoms with E-state index in [2.05, 4.69) is 37.2 Å². The number of aliphatic carboxylic acids is 5. The van der Waals surface area contributed by atoms with Gasteiger partial charge in [-0.2, -0.15) is 0 Å². The van der Waals surface area contributed by atoms with E-state index in [4.69, 9.17) is 22.9 Å². The van der Waals surface area contributed by atoms with Gasteiger partial charge in [-0.1, -0.05) is 13.8 Å². The number of carbonyl (C=O) groups excluding carboxylic acids is 13. The van der Waals surface area contributed by atoms with Crippen LogP contribution >= 0.6 is 0 Å². The van der Waals surface area contributed by atoms with Crippen molar-refractivity contribution in [1.82, 2.24) is 58.5 Å². The van der Waals surface area contributed by atoms with E-state index in [1.807, 2.05) is 21.3 Å². The highest BCUT2D eigenvalue weighted by Crippen LogP contribution is 2.09. The summed E-state index contributed by atoms with van der Waals surface area (Å²) in [5, 5.41) is 80.0. The molecule has 494 valence electrons. The maximum absolute atomic E-state index is 13.7. The lowest BCUT2D eigenvalue weighted by molar-refractivity contribution is -0.144. The summed E-state index contributed by atoms with van der Waals surface area (Å²) < 4.78 is 0. The number of amides is 13. The molecule has 39 nitrogen and oxygen atoms in total. The molecule has 0 rings (SSSR count). The van der Waals surface area contributed by atoms with Gasteiger partial charge in [0.25, 0.3) is 0 Å². The van der Waals surface area contributed by atoms with Crippen molar-refractivity contribution in [3.8, 4) is 0 Å². The van der Waals surface area contributed by atoms with Crippen molar-refractivity contribution in [1.29, 1.82) is 0 Å². The number of primary amides is 2. The second-order valence-corrected chi connectivity index (χ2v) is 19.9. The number of aliphatic hydroxyl groups is 1. The Balaban J connectivity index is 6.41. The van der Waals surface area contributed by atoms with Crippen LogP contribution in [0, 0.1) is 5.92 Å². The predicted molar refractivity (Wildman–Crippen MR) is 295 cm³/mol. The third-order valence-electron chi connectivity index (χ3n) is 12.2. The molecule has 0 saturated carbocycles. The summed E-state index contributed by atoms with van der Waals surface area (Å²) in [5.41, 5.74) is 21.7. The zero-order valence-electron chi connectivity index (χ0n) is 48.2. The van der Waals surface area contributed by atoms with Crippen LogP contribution in [-0.4, -0.2) is 224 Å². The summed E-state index contributed by atoms with van der Waals surface area (Å²) in [6.07, 6.45) is -7.35. The molecule has 0 aliphatic rings. The van der Waals surface area contributed by atoms with E-state index in [1.165, 1.54) is 0 Å². The van der Waals surface area contributed by atoms with Gasteiger partial charge >= 0.3 is 29.8 Å². The molecular weight excluding hydrogens is 1180 g/mol. The first-order valence-electron chi connectivity index (χ1n) is 27.0. The van der Waals surface area contributed by atoms with Gasteiger partial charge < -0.3 is 112 Å². The summed E-state index contributed by atoms with van der Waals surface area (Å²) in [4.78, 5) is 227. The predicted octanol–water partition coefficient (Wildman–Crippen LogP) is -10.00. The van der Waals surface area contributed by atoms with Crippen molar-refractivity contribution >= 4 is 107 Å². The fraction of sp³-hybridized carbons (Fsp3) is 0.633. The minimum absolute atomic E-state index is 0.133. The third-order valence-corrected chi connectivity index (χ3v) is 12.2. The van der Waals surface area contributed by atoms with Gasteiger partial charge in [-0.05, 0) is 64.3 Å². The van der Waals surface area contributed by atoms with Gasteiger partial charge in [0.2, 0.25) is 76.8 Å². The first kappa shape index (κ1) is 78.3. The topological polar surface area (TPSA) is 665 Å². The summed E-state index contributed by atoms with van der Waals surface area (Å²) in [7, 11) is 0. The number of nitrogens with one attached hydrogen (secondary N) is 11. The van der Waals surface area contributed by atoms with E-state index in [0.29, 0.717) is 19.4 Å². The van der Waals surface area contributed by atoms with Crippen LogP contribution in [0.4, 0.5) is 0 Å². The van der Waals surface area contributed by atoms with Crippen LogP contribution < -0.4 is 81.4 Å². The Bertz CT molecular complexity index is 2550. The number of carboxylic acid groups (broad SMARTS) is 5. The van der Waals surface area contributed by atoms with Gasteiger partial charge in [0.05, 0.1) is 38.6 Å². The SMILES string of the molecule is CC(C)[C@H](N)C(=O)N[C@@H](CCCCN)C(=O)NCC(=O)NCC(=O)N[C@@H](CCC(=O)O)C(=O)N[C@@H](CCC(=O)O)C(=O)N[C@@H](C)C(=O)N[C@@H](CC(N)=O)C(=O)N[C@@H](CCC(=O)O)C(=O)N[C@@H](CCC(=O)O)C(=O)N[C@@H](CO)C(=O)N[C@@H](CC(N)=O)C(=O)O. The molecule has 0 aliphatic carbocycles. The second-order valence-electron chi connectivity index (χ2n) is 19.9. The van der Waals surface area contributed by atoms with Gasteiger partial charge in [0.15, 0.2) is 0 Å². The van der Waals surface area contributed by atoms with Crippen molar-refractivity contribution in [2.24, 2.45) is 28.9 Å². The number of rotatable bonds is 45. The number of carboxylic acids is 5. The highest BCUT2D eigenvalue weighted by Gasteiger charge is 2.36. The first-order chi connectivity index (χ1) is 41.0. The molecule has 13 amide bonds. The van der Waals surface area contributed by atoms with Gasteiger partial charge in [0.1, 0.15) is 54.4 Å². The molecule has 0 aromatic heterocycles. The fourth-order valence-corrected chi connectivity index (χ4v) is 7.30. The molecule has 0 aliphatic heterocycles. The maximum Gasteiger partial charge on any atom is 0.326 e. The first-order valence-corrected chi connectivity index (χ1v) is 27.0. The van der Waals surface area contributed by atoms with Crippen LogP contribution in [0.15, 0.2) is 0 Å². The highest BCUT2D eigenvalue weighted by molar-refractivity contribution is 6.00. The van der Waals surface area contributed by atoms with Crippen LogP contribution in [0.1, 0.15) is 104 Å². The number of aliphatic hydroxyl groups excluding tert-OH is 1.